The zero-order valence-corrected chi connectivity index (χ0v) is 33.2. The zero-order valence-electron chi connectivity index (χ0n) is 33.2. The van der Waals surface area contributed by atoms with E-state index < -0.39 is 5.97 Å². The summed E-state index contributed by atoms with van der Waals surface area (Å²) in [5, 5.41) is 10.4. The first-order valence-corrected chi connectivity index (χ1v) is 19.6. The Morgan fingerprint density at radius 2 is 1.55 bits per heavy atom. The highest BCUT2D eigenvalue weighted by molar-refractivity contribution is 6.41. The highest BCUT2D eigenvalue weighted by atomic mass is 16.5. The van der Waals surface area contributed by atoms with Gasteiger partial charge < -0.3 is 23.9 Å². The van der Waals surface area contributed by atoms with E-state index in [1.54, 1.807) is 12.1 Å². The predicted molar refractivity (Wildman–Crippen MR) is 222 cm³/mol. The van der Waals surface area contributed by atoms with Gasteiger partial charge in [0, 0.05) is 97.8 Å². The van der Waals surface area contributed by atoms with Gasteiger partial charge in [0.25, 0.3) is 5.91 Å². The van der Waals surface area contributed by atoms with Gasteiger partial charge in [0.15, 0.2) is 0 Å². The van der Waals surface area contributed by atoms with Crippen LogP contribution in [0.4, 0.5) is 5.69 Å². The summed E-state index contributed by atoms with van der Waals surface area (Å²) >= 11 is 0. The van der Waals surface area contributed by atoms with E-state index in [0.717, 1.165) is 82.8 Å². The van der Waals surface area contributed by atoms with Crippen molar-refractivity contribution in [2.24, 2.45) is 0 Å². The summed E-state index contributed by atoms with van der Waals surface area (Å²) in [7, 11) is 4.00. The van der Waals surface area contributed by atoms with Crippen LogP contribution in [0.25, 0.3) is 33.4 Å². The quantitative estimate of drug-likeness (QED) is 0.0618. The van der Waals surface area contributed by atoms with E-state index in [1.165, 1.54) is 0 Å². The van der Waals surface area contributed by atoms with Crippen molar-refractivity contribution in [2.45, 2.75) is 34.2 Å². The van der Waals surface area contributed by atoms with Gasteiger partial charge in [-0.05, 0) is 77.2 Å². The molecule has 1 saturated heterocycles. The Bertz CT molecular complexity index is 2170. The third-order valence-electron chi connectivity index (χ3n) is 10.6. The number of anilines is 1. The molecule has 10 heteroatoms. The van der Waals surface area contributed by atoms with Crippen molar-refractivity contribution in [1.29, 1.82) is 5.41 Å². The Kier molecular flexibility index (Phi) is 12.8. The average molecular weight is 744 g/mol. The number of nitrogens with one attached hydrogen (secondary N) is 1. The Balaban J connectivity index is 1.19. The SMILES string of the molecule is CCN(CC)c1ccc2c(-c3ccccc3C(=O)N3CCN(CCOC(=O)C(=N)c4ccc(CN(C)C)cc4)CC3)c3ccc(=[N+](CC)CC)cc-3oc2c1. The highest BCUT2D eigenvalue weighted by Crippen LogP contribution is 2.42. The number of benzene rings is 4. The van der Waals surface area contributed by atoms with Crippen LogP contribution in [0.5, 0.6) is 0 Å². The van der Waals surface area contributed by atoms with E-state index in [2.05, 4.69) is 89.4 Å². The number of carbonyl (C=O) groups is 2. The molecule has 0 aromatic heterocycles. The molecule has 55 heavy (non-hydrogen) atoms. The minimum absolute atomic E-state index is 0.00617. The summed E-state index contributed by atoms with van der Waals surface area (Å²) in [5.41, 5.74) is 6.90. The molecule has 0 saturated carbocycles. The van der Waals surface area contributed by atoms with Gasteiger partial charge in [-0.1, -0.05) is 42.5 Å². The number of hydrogen-bond acceptors (Lipinski definition) is 8. The summed E-state index contributed by atoms with van der Waals surface area (Å²) in [6, 6.07) is 28.2. The third-order valence-corrected chi connectivity index (χ3v) is 10.6. The van der Waals surface area contributed by atoms with Crippen LogP contribution in [0, 0.1) is 5.41 Å². The minimum Gasteiger partial charge on any atom is -0.460 e. The largest absolute Gasteiger partial charge is 0.460 e. The lowest BCUT2D eigenvalue weighted by Crippen LogP contribution is -2.49. The molecule has 288 valence electrons. The van der Waals surface area contributed by atoms with E-state index in [1.807, 2.05) is 49.3 Å². The maximum absolute atomic E-state index is 14.4. The number of carbonyl (C=O) groups excluding carboxylic acids is 2. The van der Waals surface area contributed by atoms with Gasteiger partial charge in [-0.25, -0.2) is 9.37 Å². The van der Waals surface area contributed by atoms with Crippen LogP contribution in [-0.4, -0.2) is 112 Å². The first kappa shape index (κ1) is 39.4. The number of ether oxygens (including phenoxy) is 1. The fourth-order valence-corrected chi connectivity index (χ4v) is 7.56. The smallest absolute Gasteiger partial charge is 0.356 e. The van der Waals surface area contributed by atoms with E-state index in [-0.39, 0.29) is 18.2 Å². The van der Waals surface area contributed by atoms with Crippen molar-refractivity contribution >= 4 is 34.2 Å². The second-order valence-corrected chi connectivity index (χ2v) is 14.3. The first-order valence-electron chi connectivity index (χ1n) is 19.6. The summed E-state index contributed by atoms with van der Waals surface area (Å²) in [6.07, 6.45) is 0. The Morgan fingerprint density at radius 3 is 2.22 bits per heavy atom. The lowest BCUT2D eigenvalue weighted by Gasteiger charge is -2.35. The fourth-order valence-electron chi connectivity index (χ4n) is 7.56. The number of esters is 1. The summed E-state index contributed by atoms with van der Waals surface area (Å²) in [5.74, 6) is 0.148. The van der Waals surface area contributed by atoms with Crippen LogP contribution in [-0.2, 0) is 16.1 Å². The number of amides is 1. The van der Waals surface area contributed by atoms with E-state index in [4.69, 9.17) is 14.6 Å². The number of fused-ring (bicyclic) bond motifs is 2. The van der Waals surface area contributed by atoms with Gasteiger partial charge in [0.05, 0.1) is 6.07 Å². The molecule has 2 aliphatic heterocycles. The normalized spacial score (nSPS) is 13.4. The summed E-state index contributed by atoms with van der Waals surface area (Å²) < 4.78 is 14.5. The molecule has 1 aliphatic carbocycles. The monoisotopic (exact) mass is 743 g/mol. The molecule has 3 aromatic carbocycles. The molecule has 1 amide bonds. The standard InChI is InChI=1S/C45H55N6O4/c1-7-49(8-2)34-19-21-38-40(29-34)55-41-30-35(50(9-3)10-4)20-22-39(41)42(38)36-13-11-12-14-37(36)44(52)51-25-23-48(24-26-51)27-28-54-45(53)43(46)33-17-15-32(16-18-33)31-47(5)6/h11-22,29-30,46H,7-10,23-28,31H2,1-6H3/q+1. The van der Waals surface area contributed by atoms with Gasteiger partial charge in [-0.3, -0.25) is 15.1 Å². The molecule has 0 bridgehead atoms. The molecular weight excluding hydrogens is 689 g/mol. The van der Waals surface area contributed by atoms with Crippen molar-refractivity contribution in [1.82, 2.24) is 19.3 Å². The Hall–Kier alpha value is -5.32. The second-order valence-electron chi connectivity index (χ2n) is 14.3. The van der Waals surface area contributed by atoms with Crippen molar-refractivity contribution < 1.29 is 18.7 Å². The molecule has 0 spiro atoms. The van der Waals surface area contributed by atoms with E-state index in [9.17, 15) is 9.59 Å². The van der Waals surface area contributed by atoms with Crippen LogP contribution >= 0.6 is 0 Å². The molecule has 10 nitrogen and oxygen atoms in total. The van der Waals surface area contributed by atoms with E-state index in [0.29, 0.717) is 43.9 Å². The van der Waals surface area contributed by atoms with Crippen LogP contribution in [0.15, 0.2) is 89.3 Å². The summed E-state index contributed by atoms with van der Waals surface area (Å²) in [6.45, 7) is 16.1. The van der Waals surface area contributed by atoms with Crippen LogP contribution in [0.1, 0.15) is 49.2 Å². The van der Waals surface area contributed by atoms with Crippen molar-refractivity contribution in [3.63, 3.8) is 0 Å². The first-order chi connectivity index (χ1) is 26.6. The van der Waals surface area contributed by atoms with Crippen molar-refractivity contribution in [2.75, 3.05) is 84.5 Å². The molecule has 3 aliphatic rings. The van der Waals surface area contributed by atoms with E-state index >= 15 is 0 Å². The molecular formula is C45H55N6O4+. The minimum atomic E-state index is -0.631. The number of piperazine rings is 1. The molecule has 6 rings (SSSR count). The fraction of sp³-hybridized carbons (Fsp3) is 0.378. The second kappa shape index (κ2) is 17.9. The Labute approximate surface area is 325 Å². The molecule has 1 fully saturated rings. The lowest BCUT2D eigenvalue weighted by molar-refractivity contribution is -0.136. The number of hydrogen-bond donors (Lipinski definition) is 1. The molecule has 0 atom stereocenters. The summed E-state index contributed by atoms with van der Waals surface area (Å²) in [4.78, 5) is 35.5. The maximum atomic E-state index is 14.4. The van der Waals surface area contributed by atoms with Gasteiger partial charge in [0.1, 0.15) is 36.8 Å². The van der Waals surface area contributed by atoms with Crippen LogP contribution < -0.4 is 14.8 Å². The van der Waals surface area contributed by atoms with Gasteiger partial charge in [-0.15, -0.1) is 0 Å². The Morgan fingerprint density at radius 1 is 0.836 bits per heavy atom. The lowest BCUT2D eigenvalue weighted by atomic mass is 9.90. The highest BCUT2D eigenvalue weighted by Gasteiger charge is 2.27. The van der Waals surface area contributed by atoms with Gasteiger partial charge >= 0.3 is 5.97 Å². The molecule has 3 aromatic rings. The zero-order chi connectivity index (χ0) is 39.1. The predicted octanol–water partition coefficient (Wildman–Crippen LogP) is 6.29. The average Bonchev–Trinajstić information content (AvgIpc) is 3.20. The molecule has 2 heterocycles. The topological polar surface area (TPSA) is 96.3 Å². The van der Waals surface area contributed by atoms with Crippen molar-refractivity contribution in [3.05, 3.63) is 107 Å². The van der Waals surface area contributed by atoms with Crippen molar-refractivity contribution in [3.8, 4) is 22.5 Å². The van der Waals surface area contributed by atoms with Crippen LogP contribution in [0.2, 0.25) is 0 Å². The molecule has 1 N–H and O–H groups in total. The maximum Gasteiger partial charge on any atom is 0.356 e. The number of rotatable bonds is 14. The van der Waals surface area contributed by atoms with Crippen LogP contribution in [0.3, 0.4) is 0 Å². The molecule has 0 unspecified atom stereocenters. The van der Waals surface area contributed by atoms with Gasteiger partial charge in [-0.2, -0.15) is 0 Å². The molecule has 0 radical (unpaired) electrons. The third kappa shape index (κ3) is 8.82. The number of nitrogens with zero attached hydrogens (tertiary/aromatic N) is 5. The van der Waals surface area contributed by atoms with Gasteiger partial charge in [0.2, 0.25) is 5.36 Å².